The van der Waals surface area contributed by atoms with Crippen molar-refractivity contribution in [2.75, 3.05) is 5.32 Å². The molecule has 3 aromatic heterocycles. The molecular formula is C21H17N5OS. The van der Waals surface area contributed by atoms with Crippen LogP contribution in [0.2, 0.25) is 0 Å². The largest absolute Gasteiger partial charge is 0.305 e. The van der Waals surface area contributed by atoms with E-state index in [1.54, 1.807) is 37.1 Å². The lowest BCUT2D eigenvalue weighted by atomic mass is 10.0. The first-order valence-electron chi connectivity index (χ1n) is 8.68. The van der Waals surface area contributed by atoms with E-state index in [0.29, 0.717) is 11.4 Å². The van der Waals surface area contributed by atoms with Gasteiger partial charge in [-0.05, 0) is 60.3 Å². The van der Waals surface area contributed by atoms with Crippen LogP contribution in [-0.4, -0.2) is 25.2 Å². The Balaban J connectivity index is 1.58. The molecule has 28 heavy (non-hydrogen) atoms. The second-order valence-electron chi connectivity index (χ2n) is 6.34. The summed E-state index contributed by atoms with van der Waals surface area (Å²) in [4.78, 5) is 26.4. The molecule has 0 saturated heterocycles. The molecule has 1 aromatic carbocycles. The molecule has 0 aliphatic carbocycles. The third kappa shape index (κ3) is 3.65. The minimum Gasteiger partial charge on any atom is -0.305 e. The highest BCUT2D eigenvalue weighted by Gasteiger charge is 2.11. The van der Waals surface area contributed by atoms with Crippen LogP contribution in [0.4, 0.5) is 5.82 Å². The molecule has 3 heterocycles. The van der Waals surface area contributed by atoms with E-state index in [1.165, 1.54) is 11.5 Å². The molecule has 0 bridgehead atoms. The van der Waals surface area contributed by atoms with Crippen molar-refractivity contribution in [2.24, 2.45) is 0 Å². The summed E-state index contributed by atoms with van der Waals surface area (Å²) in [5.74, 6) is 0.173. The summed E-state index contributed by atoms with van der Waals surface area (Å²) in [6, 6.07) is 9.90. The highest BCUT2D eigenvalue weighted by molar-refractivity contribution is 7.09. The number of carbonyl (C=O) groups is 1. The zero-order valence-corrected chi connectivity index (χ0v) is 16.2. The highest BCUT2D eigenvalue weighted by atomic mass is 32.1. The number of carbonyl (C=O) groups excluding carboxylic acids is 1. The minimum absolute atomic E-state index is 0.231. The van der Waals surface area contributed by atoms with Gasteiger partial charge >= 0.3 is 0 Å². The van der Waals surface area contributed by atoms with E-state index in [-0.39, 0.29) is 5.91 Å². The molecule has 1 amide bonds. The van der Waals surface area contributed by atoms with Crippen LogP contribution in [0.15, 0.2) is 61.3 Å². The van der Waals surface area contributed by atoms with E-state index in [0.717, 1.165) is 32.8 Å². The summed E-state index contributed by atoms with van der Waals surface area (Å²) in [5, 5.41) is 2.78. The molecule has 0 aliphatic heterocycles. The molecule has 0 aliphatic rings. The van der Waals surface area contributed by atoms with Crippen LogP contribution in [0.25, 0.3) is 21.7 Å². The van der Waals surface area contributed by atoms with Crippen LogP contribution in [-0.2, 0) is 0 Å². The molecule has 7 heteroatoms. The summed E-state index contributed by atoms with van der Waals surface area (Å²) in [5.41, 5.74) is 5.32. The van der Waals surface area contributed by atoms with Gasteiger partial charge in [-0.3, -0.25) is 14.8 Å². The maximum Gasteiger partial charge on any atom is 0.257 e. The maximum absolute atomic E-state index is 12.4. The average Bonchev–Trinajstić information content (AvgIpc) is 3.24. The third-order valence-corrected chi connectivity index (χ3v) is 5.19. The molecule has 4 aromatic rings. The van der Waals surface area contributed by atoms with Gasteiger partial charge in [0.2, 0.25) is 0 Å². The molecular weight excluding hydrogens is 370 g/mol. The number of rotatable bonds is 4. The Labute approximate surface area is 166 Å². The second-order valence-corrected chi connectivity index (χ2v) is 7.17. The van der Waals surface area contributed by atoms with Gasteiger partial charge in [0, 0.05) is 29.7 Å². The van der Waals surface area contributed by atoms with Gasteiger partial charge in [0.15, 0.2) is 5.82 Å². The third-order valence-electron chi connectivity index (χ3n) is 4.39. The number of nitrogens with zero attached hydrogens (tertiary/aromatic N) is 4. The summed E-state index contributed by atoms with van der Waals surface area (Å²) < 4.78 is 4.16. The fourth-order valence-corrected chi connectivity index (χ4v) is 3.45. The van der Waals surface area contributed by atoms with Crippen molar-refractivity contribution in [1.29, 1.82) is 0 Å². The molecule has 4 rings (SSSR count). The lowest BCUT2D eigenvalue weighted by molar-refractivity contribution is 0.102. The number of anilines is 1. The molecule has 0 atom stereocenters. The first-order chi connectivity index (χ1) is 13.6. The van der Waals surface area contributed by atoms with Gasteiger partial charge in [-0.25, -0.2) is 9.36 Å². The van der Waals surface area contributed by atoms with Crippen molar-refractivity contribution >= 4 is 23.3 Å². The Kier molecular flexibility index (Phi) is 4.90. The van der Waals surface area contributed by atoms with Crippen molar-refractivity contribution < 1.29 is 4.79 Å². The van der Waals surface area contributed by atoms with Crippen LogP contribution in [0.5, 0.6) is 0 Å². The van der Waals surface area contributed by atoms with Crippen LogP contribution >= 0.6 is 11.5 Å². The predicted octanol–water partition coefficient (Wildman–Crippen LogP) is 4.53. The fraction of sp³-hybridized carbons (Fsp3) is 0.0952. The maximum atomic E-state index is 12.4. The van der Waals surface area contributed by atoms with Crippen LogP contribution in [0.3, 0.4) is 0 Å². The van der Waals surface area contributed by atoms with E-state index in [2.05, 4.69) is 42.8 Å². The number of nitrogens with one attached hydrogen (secondary N) is 1. The normalized spacial score (nSPS) is 10.6. The standard InChI is InChI=1S/C21H17N5OS/c1-13-3-4-15(19-6-8-25-28-19)9-17(13)18-11-24-20(12-23-18)26-21(27)16-5-7-22-10-14(16)2/h3-12H,1-2H3,(H,24,26,27). The number of aromatic nitrogens is 4. The van der Waals surface area contributed by atoms with Gasteiger partial charge in [0.25, 0.3) is 5.91 Å². The monoisotopic (exact) mass is 387 g/mol. The zero-order valence-electron chi connectivity index (χ0n) is 15.4. The second kappa shape index (κ2) is 7.66. The number of hydrogen-bond acceptors (Lipinski definition) is 6. The van der Waals surface area contributed by atoms with Crippen molar-refractivity contribution in [2.45, 2.75) is 13.8 Å². The minimum atomic E-state index is -0.231. The first kappa shape index (κ1) is 17.9. The molecule has 138 valence electrons. The van der Waals surface area contributed by atoms with E-state index in [4.69, 9.17) is 0 Å². The van der Waals surface area contributed by atoms with E-state index >= 15 is 0 Å². The summed E-state index contributed by atoms with van der Waals surface area (Å²) in [6.45, 7) is 3.88. The van der Waals surface area contributed by atoms with Crippen LogP contribution < -0.4 is 5.32 Å². The highest BCUT2D eigenvalue weighted by Crippen LogP contribution is 2.29. The molecule has 6 nitrogen and oxygen atoms in total. The first-order valence-corrected chi connectivity index (χ1v) is 9.45. The lowest BCUT2D eigenvalue weighted by Crippen LogP contribution is -2.14. The Morgan fingerprint density at radius 1 is 0.964 bits per heavy atom. The van der Waals surface area contributed by atoms with Gasteiger partial charge in [-0.2, -0.15) is 0 Å². The molecule has 0 unspecified atom stereocenters. The summed E-state index contributed by atoms with van der Waals surface area (Å²) in [7, 11) is 0. The molecule has 0 fully saturated rings. The van der Waals surface area contributed by atoms with Gasteiger partial charge < -0.3 is 5.32 Å². The van der Waals surface area contributed by atoms with Gasteiger partial charge in [0.1, 0.15) is 0 Å². The number of aryl methyl sites for hydroxylation is 2. The van der Waals surface area contributed by atoms with Gasteiger partial charge in [0.05, 0.1) is 23.0 Å². The molecule has 0 saturated carbocycles. The Bertz CT molecular complexity index is 1120. The van der Waals surface area contributed by atoms with Gasteiger partial charge in [-0.1, -0.05) is 12.1 Å². The summed E-state index contributed by atoms with van der Waals surface area (Å²) in [6.07, 6.45) is 8.29. The SMILES string of the molecule is Cc1cnccc1C(=O)Nc1cnc(-c2cc(-c3ccns3)ccc2C)cn1. The van der Waals surface area contributed by atoms with E-state index in [1.807, 2.05) is 19.9 Å². The van der Waals surface area contributed by atoms with Crippen LogP contribution in [0.1, 0.15) is 21.5 Å². The summed E-state index contributed by atoms with van der Waals surface area (Å²) >= 11 is 1.46. The lowest BCUT2D eigenvalue weighted by Gasteiger charge is -2.09. The topological polar surface area (TPSA) is 80.7 Å². The Morgan fingerprint density at radius 3 is 2.57 bits per heavy atom. The van der Waals surface area contributed by atoms with Gasteiger partial charge in [-0.15, -0.1) is 0 Å². The average molecular weight is 387 g/mol. The zero-order chi connectivity index (χ0) is 19.5. The molecule has 1 N–H and O–H groups in total. The number of hydrogen-bond donors (Lipinski definition) is 1. The molecule has 0 spiro atoms. The number of benzene rings is 1. The quantitative estimate of drug-likeness (QED) is 0.556. The number of pyridine rings is 1. The molecule has 0 radical (unpaired) electrons. The van der Waals surface area contributed by atoms with E-state index < -0.39 is 0 Å². The number of amides is 1. The van der Waals surface area contributed by atoms with Crippen molar-refractivity contribution in [3.63, 3.8) is 0 Å². The van der Waals surface area contributed by atoms with Crippen molar-refractivity contribution in [1.82, 2.24) is 19.3 Å². The fourth-order valence-electron chi connectivity index (χ4n) is 2.86. The van der Waals surface area contributed by atoms with E-state index in [9.17, 15) is 4.79 Å². The predicted molar refractivity (Wildman–Crippen MR) is 110 cm³/mol. The smallest absolute Gasteiger partial charge is 0.257 e. The van der Waals surface area contributed by atoms with Crippen LogP contribution in [0, 0.1) is 13.8 Å². The van der Waals surface area contributed by atoms with Crippen molar-refractivity contribution in [3.8, 4) is 21.7 Å². The van der Waals surface area contributed by atoms with Crippen molar-refractivity contribution in [3.05, 3.63) is 78.0 Å². The Morgan fingerprint density at radius 2 is 1.86 bits per heavy atom. The Hall–Kier alpha value is -3.45.